The first-order chi connectivity index (χ1) is 16.6. The fourth-order valence-corrected chi connectivity index (χ4v) is 5.87. The SMILES string of the molecule is O=C1CCC(N2Cc3cc(OC4CCC[C@@H]4N4CC(c5cccnc5)C4)ccc3C2=O)C(=O)N1. The van der Waals surface area contributed by atoms with Crippen LogP contribution in [0, 0.1) is 0 Å². The second kappa shape index (κ2) is 8.51. The van der Waals surface area contributed by atoms with Crippen LogP contribution in [0.4, 0.5) is 0 Å². The second-order valence-electron chi connectivity index (χ2n) is 9.81. The Labute approximate surface area is 198 Å². The number of nitrogens with zero attached hydrogens (tertiary/aromatic N) is 3. The van der Waals surface area contributed by atoms with Crippen molar-refractivity contribution in [1.82, 2.24) is 20.1 Å². The van der Waals surface area contributed by atoms with Gasteiger partial charge < -0.3 is 9.64 Å². The van der Waals surface area contributed by atoms with Crippen molar-refractivity contribution in [1.29, 1.82) is 0 Å². The highest BCUT2D eigenvalue weighted by atomic mass is 16.5. The molecule has 2 saturated heterocycles. The molecule has 0 radical (unpaired) electrons. The molecule has 8 heteroatoms. The number of nitrogens with one attached hydrogen (secondary N) is 1. The summed E-state index contributed by atoms with van der Waals surface area (Å²) in [5.41, 5.74) is 2.79. The molecule has 1 aromatic heterocycles. The predicted molar refractivity (Wildman–Crippen MR) is 123 cm³/mol. The number of carbonyl (C=O) groups excluding carboxylic acids is 3. The van der Waals surface area contributed by atoms with Crippen LogP contribution in [0.5, 0.6) is 5.75 Å². The Morgan fingerprint density at radius 2 is 1.94 bits per heavy atom. The molecule has 1 aromatic carbocycles. The minimum absolute atomic E-state index is 0.135. The van der Waals surface area contributed by atoms with E-state index in [1.807, 2.05) is 36.7 Å². The maximum Gasteiger partial charge on any atom is 0.255 e. The van der Waals surface area contributed by atoms with Gasteiger partial charge in [0.15, 0.2) is 0 Å². The average molecular weight is 461 g/mol. The van der Waals surface area contributed by atoms with Gasteiger partial charge in [0.25, 0.3) is 5.91 Å². The molecule has 2 aromatic rings. The number of ether oxygens (including phenoxy) is 1. The fraction of sp³-hybridized carbons (Fsp3) is 0.462. The molecular formula is C26H28N4O4. The van der Waals surface area contributed by atoms with Crippen LogP contribution in [-0.2, 0) is 16.1 Å². The first-order valence-corrected chi connectivity index (χ1v) is 12.1. The van der Waals surface area contributed by atoms with Crippen LogP contribution in [0.1, 0.15) is 59.5 Å². The highest BCUT2D eigenvalue weighted by Crippen LogP contribution is 2.37. The van der Waals surface area contributed by atoms with E-state index in [-0.39, 0.29) is 30.2 Å². The van der Waals surface area contributed by atoms with Crippen molar-refractivity contribution in [2.45, 2.75) is 62.8 Å². The lowest BCUT2D eigenvalue weighted by Gasteiger charge is -2.45. The molecule has 4 aliphatic rings. The highest BCUT2D eigenvalue weighted by molar-refractivity contribution is 6.05. The van der Waals surface area contributed by atoms with Gasteiger partial charge in [-0.05, 0) is 61.1 Å². The van der Waals surface area contributed by atoms with Gasteiger partial charge in [0, 0.05) is 56.0 Å². The first-order valence-electron chi connectivity index (χ1n) is 12.1. The van der Waals surface area contributed by atoms with Gasteiger partial charge >= 0.3 is 0 Å². The highest BCUT2D eigenvalue weighted by Gasteiger charge is 2.42. The molecule has 3 amide bonds. The number of piperidine rings is 1. The smallest absolute Gasteiger partial charge is 0.255 e. The van der Waals surface area contributed by atoms with Gasteiger partial charge in [-0.3, -0.25) is 29.6 Å². The zero-order valence-corrected chi connectivity index (χ0v) is 19.0. The third kappa shape index (κ3) is 3.76. The molecular weight excluding hydrogens is 432 g/mol. The van der Waals surface area contributed by atoms with Gasteiger partial charge in [-0.15, -0.1) is 0 Å². The molecule has 3 aliphatic heterocycles. The summed E-state index contributed by atoms with van der Waals surface area (Å²) in [4.78, 5) is 45.0. The topological polar surface area (TPSA) is 91.8 Å². The number of imide groups is 1. The number of rotatable bonds is 5. The monoisotopic (exact) mass is 460 g/mol. The molecule has 3 fully saturated rings. The van der Waals surface area contributed by atoms with E-state index in [2.05, 4.69) is 21.3 Å². The van der Waals surface area contributed by atoms with E-state index in [0.29, 0.717) is 30.5 Å². The summed E-state index contributed by atoms with van der Waals surface area (Å²) in [5.74, 6) is 0.497. The molecule has 2 unspecified atom stereocenters. The molecule has 1 aliphatic carbocycles. The van der Waals surface area contributed by atoms with Gasteiger partial charge in [0.1, 0.15) is 17.9 Å². The molecule has 34 heavy (non-hydrogen) atoms. The van der Waals surface area contributed by atoms with Crippen molar-refractivity contribution in [3.63, 3.8) is 0 Å². The Bertz CT molecular complexity index is 1130. The second-order valence-corrected chi connectivity index (χ2v) is 9.81. The summed E-state index contributed by atoms with van der Waals surface area (Å²) >= 11 is 0. The molecule has 0 bridgehead atoms. The first kappa shape index (κ1) is 21.3. The number of aromatic nitrogens is 1. The van der Waals surface area contributed by atoms with Gasteiger partial charge in [0.05, 0.1) is 0 Å². The molecule has 1 saturated carbocycles. The number of amides is 3. The lowest BCUT2D eigenvalue weighted by Crippen LogP contribution is -2.54. The van der Waals surface area contributed by atoms with Crippen LogP contribution in [0.2, 0.25) is 0 Å². The maximum atomic E-state index is 12.9. The quantitative estimate of drug-likeness (QED) is 0.688. The van der Waals surface area contributed by atoms with E-state index in [4.69, 9.17) is 4.74 Å². The van der Waals surface area contributed by atoms with Crippen LogP contribution >= 0.6 is 0 Å². The van der Waals surface area contributed by atoms with Crippen LogP contribution in [0.25, 0.3) is 0 Å². The number of hydrogen-bond donors (Lipinski definition) is 1. The Kier molecular flexibility index (Phi) is 5.32. The number of carbonyl (C=O) groups is 3. The van der Waals surface area contributed by atoms with Crippen LogP contribution in [-0.4, -0.2) is 63.8 Å². The van der Waals surface area contributed by atoms with Crippen molar-refractivity contribution in [3.05, 3.63) is 59.4 Å². The lowest BCUT2D eigenvalue weighted by molar-refractivity contribution is -0.136. The summed E-state index contributed by atoms with van der Waals surface area (Å²) in [6.07, 6.45) is 7.85. The Balaban J connectivity index is 1.11. The Morgan fingerprint density at radius 3 is 2.74 bits per heavy atom. The van der Waals surface area contributed by atoms with Gasteiger partial charge in [-0.25, -0.2) is 0 Å². The number of hydrogen-bond acceptors (Lipinski definition) is 6. The maximum absolute atomic E-state index is 12.9. The number of fused-ring (bicyclic) bond motifs is 1. The van der Waals surface area contributed by atoms with Crippen LogP contribution in [0.3, 0.4) is 0 Å². The largest absolute Gasteiger partial charge is 0.489 e. The standard InChI is InChI=1S/C26H28N4O4/c31-24-9-8-22(25(32)28-24)30-15-17-11-19(6-7-20(17)26(30)33)34-23-5-1-4-21(23)29-13-18(14-29)16-3-2-10-27-12-16/h2-3,6-7,10-12,18,21-23H,1,4-5,8-9,13-15H2,(H,28,31,32)/t21-,22?,23?/m0/s1. The third-order valence-corrected chi connectivity index (χ3v) is 7.73. The summed E-state index contributed by atoms with van der Waals surface area (Å²) < 4.78 is 6.45. The van der Waals surface area contributed by atoms with Crippen molar-refractivity contribution in [2.75, 3.05) is 13.1 Å². The molecule has 6 rings (SSSR count). The summed E-state index contributed by atoms with van der Waals surface area (Å²) in [6, 6.07) is 9.59. The van der Waals surface area contributed by atoms with Gasteiger partial charge in [-0.1, -0.05) is 6.07 Å². The predicted octanol–water partition coefficient (Wildman–Crippen LogP) is 2.24. The normalized spacial score (nSPS) is 27.5. The fourth-order valence-electron chi connectivity index (χ4n) is 5.87. The van der Waals surface area contributed by atoms with Crippen LogP contribution < -0.4 is 10.1 Å². The molecule has 3 atom stereocenters. The van der Waals surface area contributed by atoms with E-state index < -0.39 is 6.04 Å². The zero-order valence-electron chi connectivity index (χ0n) is 19.0. The summed E-state index contributed by atoms with van der Waals surface area (Å²) in [7, 11) is 0. The van der Waals surface area contributed by atoms with Crippen molar-refractivity contribution < 1.29 is 19.1 Å². The molecule has 1 N–H and O–H groups in total. The van der Waals surface area contributed by atoms with E-state index in [9.17, 15) is 14.4 Å². The van der Waals surface area contributed by atoms with E-state index in [0.717, 1.165) is 43.7 Å². The Hall–Kier alpha value is -3.26. The molecule has 176 valence electrons. The Morgan fingerprint density at radius 1 is 1.06 bits per heavy atom. The average Bonchev–Trinajstić information content (AvgIpc) is 3.38. The minimum Gasteiger partial charge on any atom is -0.489 e. The summed E-state index contributed by atoms with van der Waals surface area (Å²) in [6.45, 7) is 2.44. The van der Waals surface area contributed by atoms with Crippen molar-refractivity contribution in [3.8, 4) is 5.75 Å². The third-order valence-electron chi connectivity index (χ3n) is 7.73. The number of pyridine rings is 1. The number of likely N-dealkylation sites (tertiary alicyclic amines) is 1. The van der Waals surface area contributed by atoms with Gasteiger partial charge in [0.2, 0.25) is 11.8 Å². The lowest BCUT2D eigenvalue weighted by atomic mass is 9.90. The van der Waals surface area contributed by atoms with Crippen molar-refractivity contribution >= 4 is 17.7 Å². The molecule has 0 spiro atoms. The van der Waals surface area contributed by atoms with Crippen LogP contribution in [0.15, 0.2) is 42.7 Å². The zero-order chi connectivity index (χ0) is 23.2. The van der Waals surface area contributed by atoms with E-state index >= 15 is 0 Å². The molecule has 8 nitrogen and oxygen atoms in total. The van der Waals surface area contributed by atoms with Crippen molar-refractivity contribution in [2.24, 2.45) is 0 Å². The molecule has 4 heterocycles. The van der Waals surface area contributed by atoms with E-state index in [1.165, 1.54) is 5.56 Å². The number of benzene rings is 1. The minimum atomic E-state index is -0.597. The van der Waals surface area contributed by atoms with E-state index in [1.54, 1.807) is 4.90 Å². The summed E-state index contributed by atoms with van der Waals surface area (Å²) in [5, 5.41) is 2.35. The van der Waals surface area contributed by atoms with Gasteiger partial charge in [-0.2, -0.15) is 0 Å².